The number of amides is 1. The highest BCUT2D eigenvalue weighted by Crippen LogP contribution is 2.41. The van der Waals surface area contributed by atoms with Gasteiger partial charge in [-0.05, 0) is 39.7 Å². The lowest BCUT2D eigenvalue weighted by Crippen LogP contribution is -2.37. The third-order valence-electron chi connectivity index (χ3n) is 4.00. The number of carbonyl (C=O) groups excluding carboxylic acids is 2. The van der Waals surface area contributed by atoms with Gasteiger partial charge in [-0.2, -0.15) is 0 Å². The van der Waals surface area contributed by atoms with Gasteiger partial charge in [0.1, 0.15) is 5.60 Å². The lowest BCUT2D eigenvalue weighted by molar-refractivity contribution is -0.156. The Morgan fingerprint density at radius 1 is 1.38 bits per heavy atom. The average molecular weight is 333 g/mol. The predicted molar refractivity (Wildman–Crippen MR) is 87.1 cm³/mol. The molecule has 1 aromatic rings. The first-order chi connectivity index (χ1) is 11.3. The van der Waals surface area contributed by atoms with Crippen LogP contribution in [0.2, 0.25) is 0 Å². The Morgan fingerprint density at radius 2 is 2.12 bits per heavy atom. The van der Waals surface area contributed by atoms with Crippen molar-refractivity contribution in [1.82, 2.24) is 5.32 Å². The van der Waals surface area contributed by atoms with Crippen molar-refractivity contribution >= 4 is 11.9 Å². The van der Waals surface area contributed by atoms with Crippen molar-refractivity contribution < 1.29 is 23.8 Å². The first kappa shape index (κ1) is 16.6. The van der Waals surface area contributed by atoms with Crippen LogP contribution in [0.25, 0.3) is 0 Å². The van der Waals surface area contributed by atoms with E-state index in [2.05, 4.69) is 5.32 Å². The van der Waals surface area contributed by atoms with E-state index in [0.29, 0.717) is 11.5 Å². The van der Waals surface area contributed by atoms with E-state index in [0.717, 1.165) is 24.8 Å². The fraction of sp³-hybridized carbons (Fsp3) is 0.556. The summed E-state index contributed by atoms with van der Waals surface area (Å²) in [5, 5.41) is 2.80. The molecule has 0 bridgehead atoms. The van der Waals surface area contributed by atoms with Crippen molar-refractivity contribution in [1.29, 1.82) is 0 Å². The smallest absolute Gasteiger partial charge is 0.344 e. The van der Waals surface area contributed by atoms with E-state index >= 15 is 0 Å². The molecule has 2 aliphatic rings. The second kappa shape index (κ2) is 6.34. The Balaban J connectivity index is 1.52. The largest absolute Gasteiger partial charge is 0.483 e. The summed E-state index contributed by atoms with van der Waals surface area (Å²) in [6.07, 6.45) is 1.96. The molecule has 1 aromatic carbocycles. The molecule has 0 spiro atoms. The molecule has 0 aromatic heterocycles. The number of hydrogen-bond donors (Lipinski definition) is 1. The summed E-state index contributed by atoms with van der Waals surface area (Å²) in [6.45, 7) is 5.30. The number of para-hydroxylation sites is 1. The molecule has 130 valence electrons. The zero-order chi connectivity index (χ0) is 17.3. The molecular formula is C18H23NO5. The highest BCUT2D eigenvalue weighted by molar-refractivity contribution is 5.84. The number of rotatable bonds is 6. The first-order valence-corrected chi connectivity index (χ1v) is 8.27. The van der Waals surface area contributed by atoms with Gasteiger partial charge < -0.3 is 19.5 Å². The third-order valence-corrected chi connectivity index (χ3v) is 4.00. The standard InChI is InChI=1S/C18H23NO5/c1-11(17(21)19-13-7-8-13)23-15(20)10-22-14-6-4-5-12-9-18(2,3)24-16(12)14/h4-6,11,13H,7-10H2,1-3H3,(H,19,21)/t11-/m0/s1. The molecule has 1 atom stereocenters. The van der Waals surface area contributed by atoms with Crippen LogP contribution in [0.5, 0.6) is 11.5 Å². The van der Waals surface area contributed by atoms with Gasteiger partial charge in [-0.25, -0.2) is 4.79 Å². The second-order valence-electron chi connectivity index (χ2n) is 6.99. The Kier molecular flexibility index (Phi) is 4.39. The number of hydrogen-bond acceptors (Lipinski definition) is 5. The molecule has 1 saturated carbocycles. The lowest BCUT2D eigenvalue weighted by atomic mass is 10.0. The van der Waals surface area contributed by atoms with Gasteiger partial charge in [0.25, 0.3) is 5.91 Å². The highest BCUT2D eigenvalue weighted by atomic mass is 16.6. The Hall–Kier alpha value is -2.24. The molecule has 0 saturated heterocycles. The van der Waals surface area contributed by atoms with Gasteiger partial charge >= 0.3 is 5.97 Å². The number of benzene rings is 1. The number of nitrogens with one attached hydrogen (secondary N) is 1. The van der Waals surface area contributed by atoms with E-state index in [1.165, 1.54) is 0 Å². The van der Waals surface area contributed by atoms with Crippen LogP contribution >= 0.6 is 0 Å². The Morgan fingerprint density at radius 3 is 2.83 bits per heavy atom. The van der Waals surface area contributed by atoms with E-state index in [-0.39, 0.29) is 24.2 Å². The van der Waals surface area contributed by atoms with Crippen LogP contribution < -0.4 is 14.8 Å². The van der Waals surface area contributed by atoms with Crippen molar-refractivity contribution in [3.8, 4) is 11.5 Å². The summed E-state index contributed by atoms with van der Waals surface area (Å²) in [7, 11) is 0. The van der Waals surface area contributed by atoms with Gasteiger partial charge in [-0.15, -0.1) is 0 Å². The van der Waals surface area contributed by atoms with Gasteiger partial charge in [-0.3, -0.25) is 4.79 Å². The fourth-order valence-corrected chi connectivity index (χ4v) is 2.67. The van der Waals surface area contributed by atoms with E-state index in [9.17, 15) is 9.59 Å². The number of carbonyl (C=O) groups is 2. The molecule has 3 rings (SSSR count). The fourth-order valence-electron chi connectivity index (χ4n) is 2.67. The Labute approximate surface area is 141 Å². The van der Waals surface area contributed by atoms with Crippen molar-refractivity contribution in [2.24, 2.45) is 0 Å². The van der Waals surface area contributed by atoms with E-state index < -0.39 is 12.1 Å². The van der Waals surface area contributed by atoms with Crippen molar-refractivity contribution in [3.05, 3.63) is 23.8 Å². The molecule has 1 aliphatic carbocycles. The van der Waals surface area contributed by atoms with Crippen LogP contribution in [0.4, 0.5) is 0 Å². The topological polar surface area (TPSA) is 73.9 Å². The van der Waals surface area contributed by atoms with E-state index in [1.807, 2.05) is 26.0 Å². The van der Waals surface area contributed by atoms with Crippen molar-refractivity contribution in [2.75, 3.05) is 6.61 Å². The molecule has 24 heavy (non-hydrogen) atoms. The summed E-state index contributed by atoms with van der Waals surface area (Å²) < 4.78 is 16.5. The molecule has 1 N–H and O–H groups in total. The zero-order valence-electron chi connectivity index (χ0n) is 14.3. The number of fused-ring (bicyclic) bond motifs is 1. The van der Waals surface area contributed by atoms with Crippen LogP contribution in [0.3, 0.4) is 0 Å². The van der Waals surface area contributed by atoms with Crippen molar-refractivity contribution in [2.45, 2.75) is 57.8 Å². The molecule has 6 nitrogen and oxygen atoms in total. The van der Waals surface area contributed by atoms with Crippen LogP contribution in [0.15, 0.2) is 18.2 Å². The maximum absolute atomic E-state index is 11.9. The minimum atomic E-state index is -0.821. The van der Waals surface area contributed by atoms with Crippen LogP contribution in [-0.4, -0.2) is 36.2 Å². The number of esters is 1. The summed E-state index contributed by atoms with van der Waals surface area (Å²) in [5.41, 5.74) is 0.778. The van der Waals surface area contributed by atoms with Gasteiger partial charge in [0.05, 0.1) is 0 Å². The van der Waals surface area contributed by atoms with E-state index in [1.54, 1.807) is 13.0 Å². The maximum Gasteiger partial charge on any atom is 0.344 e. The normalized spacial score (nSPS) is 19.0. The summed E-state index contributed by atoms with van der Waals surface area (Å²) in [4.78, 5) is 23.7. The van der Waals surface area contributed by atoms with Crippen LogP contribution in [-0.2, 0) is 20.7 Å². The predicted octanol–water partition coefficient (Wildman–Crippen LogP) is 1.99. The van der Waals surface area contributed by atoms with Crippen LogP contribution in [0.1, 0.15) is 39.2 Å². The second-order valence-corrected chi connectivity index (χ2v) is 6.99. The summed E-state index contributed by atoms with van der Waals surface area (Å²) in [6, 6.07) is 5.86. The highest BCUT2D eigenvalue weighted by Gasteiger charge is 2.32. The molecule has 0 unspecified atom stereocenters. The first-order valence-electron chi connectivity index (χ1n) is 8.27. The van der Waals surface area contributed by atoms with Gasteiger partial charge in [0.15, 0.2) is 24.2 Å². The van der Waals surface area contributed by atoms with Gasteiger partial charge in [-0.1, -0.05) is 12.1 Å². The molecule has 1 heterocycles. The zero-order valence-corrected chi connectivity index (χ0v) is 14.3. The summed E-state index contributed by atoms with van der Waals surface area (Å²) >= 11 is 0. The molecule has 1 amide bonds. The average Bonchev–Trinajstić information content (AvgIpc) is 3.24. The summed E-state index contributed by atoms with van der Waals surface area (Å²) in [5.74, 6) is 0.347. The monoisotopic (exact) mass is 333 g/mol. The van der Waals surface area contributed by atoms with Crippen LogP contribution in [0, 0.1) is 0 Å². The lowest BCUT2D eigenvalue weighted by Gasteiger charge is -2.18. The molecule has 1 aliphatic heterocycles. The van der Waals surface area contributed by atoms with Crippen molar-refractivity contribution in [3.63, 3.8) is 0 Å². The quantitative estimate of drug-likeness (QED) is 0.806. The minimum absolute atomic E-state index is 0.238. The van der Waals surface area contributed by atoms with Gasteiger partial charge in [0, 0.05) is 18.0 Å². The third kappa shape index (κ3) is 3.99. The maximum atomic E-state index is 11.9. The molecule has 0 radical (unpaired) electrons. The molecule has 6 heteroatoms. The SMILES string of the molecule is C[C@H](OC(=O)COc1cccc2c1OC(C)(C)C2)C(=O)NC1CC1. The minimum Gasteiger partial charge on any atom is -0.483 e. The van der Waals surface area contributed by atoms with E-state index in [4.69, 9.17) is 14.2 Å². The Bertz CT molecular complexity index is 651. The van der Waals surface area contributed by atoms with Gasteiger partial charge in [0.2, 0.25) is 0 Å². The molecular weight excluding hydrogens is 310 g/mol. The molecule has 1 fully saturated rings. The number of ether oxygens (including phenoxy) is 3.